The van der Waals surface area contributed by atoms with Crippen LogP contribution < -0.4 is 0 Å². The molecule has 0 saturated carbocycles. The van der Waals surface area contributed by atoms with Crippen molar-refractivity contribution in [2.45, 2.75) is 6.92 Å². The van der Waals surface area contributed by atoms with Crippen LogP contribution in [-0.4, -0.2) is 16.1 Å². The molecule has 0 bridgehead atoms. The van der Waals surface area contributed by atoms with E-state index in [-0.39, 0.29) is 11.6 Å². The number of hydrogen-bond acceptors (Lipinski definition) is 2. The van der Waals surface area contributed by atoms with Crippen LogP contribution in [0.15, 0.2) is 70.7 Å². The third kappa shape index (κ3) is 2.33. The summed E-state index contributed by atoms with van der Waals surface area (Å²) < 4.78 is 2.31. The van der Waals surface area contributed by atoms with E-state index in [1.807, 2.05) is 72.3 Å². The molecule has 3 nitrogen and oxygen atoms in total. The third-order valence-corrected chi connectivity index (χ3v) is 5.77. The van der Waals surface area contributed by atoms with Crippen molar-refractivity contribution in [3.63, 3.8) is 0 Å². The van der Waals surface area contributed by atoms with Crippen LogP contribution in [0, 0.1) is 0 Å². The van der Waals surface area contributed by atoms with Crippen molar-refractivity contribution in [1.82, 2.24) is 4.57 Å². The summed E-state index contributed by atoms with van der Waals surface area (Å²) in [4.78, 5) is 26.2. The van der Waals surface area contributed by atoms with E-state index in [0.29, 0.717) is 21.2 Å². The summed E-state index contributed by atoms with van der Waals surface area (Å²) in [7, 11) is 1.91. The Labute approximate surface area is 160 Å². The van der Waals surface area contributed by atoms with E-state index in [1.165, 1.54) is 0 Å². The fourth-order valence-electron chi connectivity index (χ4n) is 3.56. The van der Waals surface area contributed by atoms with Crippen LogP contribution in [-0.2, 0) is 7.05 Å². The topological polar surface area (TPSA) is 39.1 Å². The minimum atomic E-state index is -0.145. The summed E-state index contributed by atoms with van der Waals surface area (Å²) >= 11 is 3.33. The van der Waals surface area contributed by atoms with Crippen LogP contribution in [0.25, 0.3) is 22.5 Å². The predicted octanol–water partition coefficient (Wildman–Crippen LogP) is 5.41. The van der Waals surface area contributed by atoms with Crippen molar-refractivity contribution >= 4 is 27.5 Å². The minimum absolute atomic E-state index is 0.108. The third-order valence-electron chi connectivity index (χ3n) is 4.81. The second-order valence-electron chi connectivity index (χ2n) is 6.34. The summed E-state index contributed by atoms with van der Waals surface area (Å²) in [6.45, 7) is 1.69. The van der Waals surface area contributed by atoms with E-state index >= 15 is 0 Å². The molecule has 4 rings (SSSR count). The number of benzene rings is 2. The first-order chi connectivity index (χ1) is 12.5. The van der Waals surface area contributed by atoms with E-state index in [4.69, 9.17) is 0 Å². The van der Waals surface area contributed by atoms with Crippen LogP contribution in [0.2, 0.25) is 0 Å². The molecule has 128 valence electrons. The minimum Gasteiger partial charge on any atom is -0.342 e. The van der Waals surface area contributed by atoms with Crippen LogP contribution in [0.4, 0.5) is 0 Å². The van der Waals surface area contributed by atoms with E-state index in [9.17, 15) is 9.59 Å². The Morgan fingerprint density at radius 3 is 1.62 bits per heavy atom. The lowest BCUT2D eigenvalue weighted by Gasteiger charge is -2.14. The molecule has 0 atom stereocenters. The summed E-state index contributed by atoms with van der Waals surface area (Å²) in [5.41, 5.74) is 4.78. The molecule has 0 radical (unpaired) electrons. The largest absolute Gasteiger partial charge is 0.342 e. The number of hydrogen-bond donors (Lipinski definition) is 0. The van der Waals surface area contributed by atoms with Gasteiger partial charge >= 0.3 is 0 Å². The maximum atomic E-state index is 13.1. The number of halogens is 1. The number of carbonyl (C=O) groups is 2. The zero-order valence-electron chi connectivity index (χ0n) is 14.4. The molecule has 0 unspecified atom stereocenters. The number of carbonyl (C=O) groups excluding carboxylic acids is 2. The zero-order valence-corrected chi connectivity index (χ0v) is 16.0. The van der Waals surface area contributed by atoms with Gasteiger partial charge in [0.2, 0.25) is 5.78 Å². The summed E-state index contributed by atoms with van der Waals surface area (Å²) in [6, 6.07) is 19.5. The number of aromatic nitrogens is 1. The normalized spacial score (nSPS) is 14.0. The van der Waals surface area contributed by atoms with Crippen LogP contribution in [0.5, 0.6) is 0 Å². The molecule has 0 aliphatic heterocycles. The first-order valence-corrected chi connectivity index (χ1v) is 9.11. The Morgan fingerprint density at radius 1 is 0.731 bits per heavy atom. The number of rotatable bonds is 2. The van der Waals surface area contributed by atoms with Crippen LogP contribution >= 0.6 is 15.9 Å². The van der Waals surface area contributed by atoms with Gasteiger partial charge in [0.15, 0.2) is 5.78 Å². The van der Waals surface area contributed by atoms with Crippen LogP contribution in [0.3, 0.4) is 0 Å². The highest BCUT2D eigenvalue weighted by molar-refractivity contribution is 9.12. The number of fused-ring (bicyclic) bond motifs is 1. The molecule has 0 N–H and O–H groups in total. The van der Waals surface area contributed by atoms with Gasteiger partial charge in [0.25, 0.3) is 0 Å². The smallest absolute Gasteiger partial charge is 0.203 e. The van der Waals surface area contributed by atoms with E-state index in [1.54, 1.807) is 6.92 Å². The van der Waals surface area contributed by atoms with Crippen molar-refractivity contribution in [3.8, 4) is 22.5 Å². The number of ketones is 2. The fourth-order valence-corrected chi connectivity index (χ4v) is 3.94. The molecule has 3 aromatic rings. The maximum Gasteiger partial charge on any atom is 0.203 e. The van der Waals surface area contributed by atoms with Crippen LogP contribution in [0.1, 0.15) is 27.6 Å². The van der Waals surface area contributed by atoms with Crippen molar-refractivity contribution < 1.29 is 9.59 Å². The number of allylic oxidation sites excluding steroid dienone is 2. The molecular weight excluding hydrogens is 390 g/mol. The van der Waals surface area contributed by atoms with Gasteiger partial charge < -0.3 is 4.57 Å². The molecule has 1 heterocycles. The van der Waals surface area contributed by atoms with Gasteiger partial charge in [0.05, 0.1) is 27.0 Å². The molecule has 1 aromatic heterocycles. The molecule has 2 aromatic carbocycles. The van der Waals surface area contributed by atoms with Gasteiger partial charge in [-0.3, -0.25) is 9.59 Å². The van der Waals surface area contributed by atoms with Crippen molar-refractivity contribution in [3.05, 3.63) is 81.8 Å². The highest BCUT2D eigenvalue weighted by Gasteiger charge is 2.37. The van der Waals surface area contributed by atoms with Gasteiger partial charge in [0, 0.05) is 12.6 Å². The fraction of sp³-hybridized carbons (Fsp3) is 0.0909. The number of nitrogens with zero attached hydrogens (tertiary/aromatic N) is 1. The Morgan fingerprint density at radius 2 is 1.15 bits per heavy atom. The van der Waals surface area contributed by atoms with Gasteiger partial charge in [-0.05, 0) is 34.0 Å². The molecule has 0 fully saturated rings. The monoisotopic (exact) mass is 405 g/mol. The highest BCUT2D eigenvalue weighted by Crippen LogP contribution is 2.42. The second-order valence-corrected chi connectivity index (χ2v) is 7.13. The molecular formula is C22H16BrNO2. The zero-order chi connectivity index (χ0) is 18.4. The lowest BCUT2D eigenvalue weighted by molar-refractivity contribution is 0.0984. The van der Waals surface area contributed by atoms with E-state index in [0.717, 1.165) is 22.5 Å². The van der Waals surface area contributed by atoms with Gasteiger partial charge in [-0.2, -0.15) is 0 Å². The summed E-state index contributed by atoms with van der Waals surface area (Å²) in [5, 5.41) is 0. The Bertz CT molecular complexity index is 991. The average Bonchev–Trinajstić information content (AvgIpc) is 2.99. The quantitative estimate of drug-likeness (QED) is 0.571. The molecule has 0 saturated heterocycles. The Hall–Kier alpha value is -2.72. The molecule has 0 amide bonds. The summed E-state index contributed by atoms with van der Waals surface area (Å²) in [5.74, 6) is -0.253. The Kier molecular flexibility index (Phi) is 4.00. The molecule has 1 aliphatic rings. The lowest BCUT2D eigenvalue weighted by Crippen LogP contribution is -2.18. The van der Waals surface area contributed by atoms with Gasteiger partial charge in [-0.15, -0.1) is 0 Å². The van der Waals surface area contributed by atoms with Crippen molar-refractivity contribution in [2.75, 3.05) is 0 Å². The van der Waals surface area contributed by atoms with Gasteiger partial charge in [-0.25, -0.2) is 0 Å². The average molecular weight is 406 g/mol. The number of Topliss-reactive ketones (excluding diaryl/α,β-unsaturated/α-hetero) is 2. The van der Waals surface area contributed by atoms with Crippen molar-refractivity contribution in [2.24, 2.45) is 7.05 Å². The lowest BCUT2D eigenvalue weighted by atomic mass is 9.88. The SMILES string of the molecule is CC1=C(Br)C(=O)c2c(c(-c3ccccc3)n(C)c2-c2ccccc2)C1=O. The van der Waals surface area contributed by atoms with E-state index in [2.05, 4.69) is 15.9 Å². The van der Waals surface area contributed by atoms with Gasteiger partial charge in [-0.1, -0.05) is 60.7 Å². The Balaban J connectivity index is 2.14. The predicted molar refractivity (Wildman–Crippen MR) is 107 cm³/mol. The highest BCUT2D eigenvalue weighted by atomic mass is 79.9. The first-order valence-electron chi connectivity index (χ1n) is 8.31. The van der Waals surface area contributed by atoms with Crippen molar-refractivity contribution in [1.29, 1.82) is 0 Å². The molecule has 4 heteroatoms. The molecule has 26 heavy (non-hydrogen) atoms. The molecule has 1 aliphatic carbocycles. The maximum absolute atomic E-state index is 13.1. The van der Waals surface area contributed by atoms with E-state index < -0.39 is 0 Å². The first kappa shape index (κ1) is 16.7. The molecule has 0 spiro atoms. The second kappa shape index (κ2) is 6.22. The standard InChI is InChI=1S/C22H16BrNO2/c1-13-18(23)22(26)17-16(21(13)25)19(14-9-5-3-6-10-14)24(2)20(17)15-11-7-4-8-12-15/h3-12H,1-2H3. The summed E-state index contributed by atoms with van der Waals surface area (Å²) in [6.07, 6.45) is 0. The van der Waals surface area contributed by atoms with Gasteiger partial charge in [0.1, 0.15) is 0 Å².